The van der Waals surface area contributed by atoms with Crippen molar-refractivity contribution in [1.82, 2.24) is 14.6 Å². The number of hydrogen-bond donors (Lipinski definition) is 0. The fraction of sp³-hybridized carbons (Fsp3) is 0.0769. The SMILES string of the molecule is COc1cc(C=c2sc3nc(=O)c(-c4ccccc4)nn3c2=O)ccc1OCc1ccccc1. The monoisotopic (exact) mass is 469 g/mol. The van der Waals surface area contributed by atoms with Crippen molar-refractivity contribution in [1.29, 1.82) is 0 Å². The van der Waals surface area contributed by atoms with Gasteiger partial charge in [-0.05, 0) is 29.3 Å². The molecule has 0 radical (unpaired) electrons. The van der Waals surface area contributed by atoms with E-state index in [4.69, 9.17) is 9.47 Å². The van der Waals surface area contributed by atoms with Crippen molar-refractivity contribution >= 4 is 22.4 Å². The Morgan fingerprint density at radius 1 is 0.941 bits per heavy atom. The van der Waals surface area contributed by atoms with Gasteiger partial charge in [-0.1, -0.05) is 78.1 Å². The molecule has 2 heterocycles. The van der Waals surface area contributed by atoms with Crippen LogP contribution < -0.4 is 25.1 Å². The molecule has 168 valence electrons. The smallest absolute Gasteiger partial charge is 0.300 e. The maximum atomic E-state index is 13.0. The fourth-order valence-electron chi connectivity index (χ4n) is 3.47. The molecule has 5 aromatic rings. The van der Waals surface area contributed by atoms with Crippen LogP contribution in [0.5, 0.6) is 11.5 Å². The third-order valence-corrected chi connectivity index (χ3v) is 6.11. The minimum absolute atomic E-state index is 0.140. The Morgan fingerprint density at radius 3 is 2.41 bits per heavy atom. The molecular formula is C26H19N3O4S. The summed E-state index contributed by atoms with van der Waals surface area (Å²) in [6.45, 7) is 0.413. The lowest BCUT2D eigenvalue weighted by atomic mass is 10.2. The van der Waals surface area contributed by atoms with Crippen molar-refractivity contribution in [3.8, 4) is 22.8 Å². The molecule has 0 saturated carbocycles. The minimum Gasteiger partial charge on any atom is -0.493 e. The van der Waals surface area contributed by atoms with E-state index in [1.165, 1.54) is 4.52 Å². The van der Waals surface area contributed by atoms with Gasteiger partial charge in [-0.25, -0.2) is 0 Å². The minimum atomic E-state index is -0.472. The molecule has 0 aliphatic carbocycles. The van der Waals surface area contributed by atoms with Gasteiger partial charge in [0.25, 0.3) is 5.56 Å². The van der Waals surface area contributed by atoms with E-state index in [2.05, 4.69) is 10.1 Å². The highest BCUT2D eigenvalue weighted by molar-refractivity contribution is 7.15. The van der Waals surface area contributed by atoms with Gasteiger partial charge in [-0.15, -0.1) is 0 Å². The highest BCUT2D eigenvalue weighted by atomic mass is 32.1. The van der Waals surface area contributed by atoms with Gasteiger partial charge in [0.05, 0.1) is 11.6 Å². The standard InChI is InChI=1S/C26H19N3O4S/c1-32-21-14-18(12-13-20(21)33-16-17-8-4-2-5-9-17)15-22-25(31)29-26(34-22)27-24(30)23(28-29)19-10-6-3-7-11-19/h2-15H,16H2,1H3. The molecule has 0 bridgehead atoms. The molecular weight excluding hydrogens is 450 g/mol. The van der Waals surface area contributed by atoms with E-state index in [9.17, 15) is 9.59 Å². The average Bonchev–Trinajstić information content (AvgIpc) is 3.17. The van der Waals surface area contributed by atoms with Crippen molar-refractivity contribution in [2.24, 2.45) is 0 Å². The van der Waals surface area contributed by atoms with Crippen LogP contribution in [0, 0.1) is 0 Å². The normalized spacial score (nSPS) is 11.6. The van der Waals surface area contributed by atoms with E-state index >= 15 is 0 Å². The van der Waals surface area contributed by atoms with E-state index in [1.807, 2.05) is 42.5 Å². The summed E-state index contributed by atoms with van der Waals surface area (Å²) in [5.41, 5.74) is 1.74. The lowest BCUT2D eigenvalue weighted by Gasteiger charge is -2.11. The first-order valence-corrected chi connectivity index (χ1v) is 11.3. The molecule has 0 unspecified atom stereocenters. The molecule has 0 amide bonds. The Kier molecular flexibility index (Phi) is 5.88. The Morgan fingerprint density at radius 2 is 1.68 bits per heavy atom. The van der Waals surface area contributed by atoms with E-state index in [-0.39, 0.29) is 16.2 Å². The lowest BCUT2D eigenvalue weighted by molar-refractivity contribution is 0.284. The van der Waals surface area contributed by atoms with Gasteiger partial charge < -0.3 is 9.47 Å². The van der Waals surface area contributed by atoms with Crippen molar-refractivity contribution in [3.63, 3.8) is 0 Å². The van der Waals surface area contributed by atoms with Crippen LogP contribution in [0.25, 0.3) is 22.3 Å². The Hall–Kier alpha value is -4.30. The summed E-state index contributed by atoms with van der Waals surface area (Å²) < 4.78 is 13.0. The molecule has 0 spiro atoms. The second kappa shape index (κ2) is 9.29. The first kappa shape index (κ1) is 21.5. The van der Waals surface area contributed by atoms with Crippen LogP contribution >= 0.6 is 11.3 Å². The van der Waals surface area contributed by atoms with Gasteiger partial charge in [0.2, 0.25) is 4.96 Å². The number of fused-ring (bicyclic) bond motifs is 1. The second-order valence-electron chi connectivity index (χ2n) is 7.43. The Bertz CT molecular complexity index is 1630. The van der Waals surface area contributed by atoms with E-state index < -0.39 is 5.56 Å². The first-order valence-electron chi connectivity index (χ1n) is 10.5. The molecule has 7 nitrogen and oxygen atoms in total. The number of ether oxygens (including phenoxy) is 2. The van der Waals surface area contributed by atoms with Crippen LogP contribution in [-0.4, -0.2) is 21.7 Å². The van der Waals surface area contributed by atoms with Gasteiger partial charge in [-0.2, -0.15) is 14.6 Å². The average molecular weight is 470 g/mol. The van der Waals surface area contributed by atoms with Crippen molar-refractivity contribution in [2.45, 2.75) is 6.61 Å². The Balaban J connectivity index is 1.49. The zero-order valence-corrected chi connectivity index (χ0v) is 19.0. The van der Waals surface area contributed by atoms with Crippen molar-refractivity contribution in [3.05, 3.63) is 115 Å². The number of nitrogens with zero attached hydrogens (tertiary/aromatic N) is 3. The van der Waals surface area contributed by atoms with Crippen LogP contribution in [0.1, 0.15) is 11.1 Å². The first-order chi connectivity index (χ1) is 16.6. The van der Waals surface area contributed by atoms with Gasteiger partial charge in [0, 0.05) is 5.56 Å². The zero-order valence-electron chi connectivity index (χ0n) is 18.2. The number of benzene rings is 3. The summed E-state index contributed by atoms with van der Waals surface area (Å²) in [4.78, 5) is 29.8. The predicted molar refractivity (Wildman–Crippen MR) is 131 cm³/mol. The van der Waals surface area contributed by atoms with Crippen LogP contribution in [0.15, 0.2) is 88.5 Å². The quantitative estimate of drug-likeness (QED) is 0.380. The summed E-state index contributed by atoms with van der Waals surface area (Å²) in [6.07, 6.45) is 1.72. The number of methoxy groups -OCH3 is 1. The fourth-order valence-corrected chi connectivity index (χ4v) is 4.37. The van der Waals surface area contributed by atoms with E-state index in [0.717, 1.165) is 22.5 Å². The van der Waals surface area contributed by atoms with Crippen LogP contribution in [0.3, 0.4) is 0 Å². The molecule has 2 aromatic heterocycles. The summed E-state index contributed by atoms with van der Waals surface area (Å²) in [7, 11) is 1.57. The highest BCUT2D eigenvalue weighted by Crippen LogP contribution is 2.29. The van der Waals surface area contributed by atoms with Gasteiger partial charge in [0.15, 0.2) is 17.2 Å². The number of aromatic nitrogens is 3. The Labute approximate surface area is 198 Å². The third-order valence-electron chi connectivity index (χ3n) is 5.16. The summed E-state index contributed by atoms with van der Waals surface area (Å²) in [5, 5.41) is 4.28. The molecule has 0 aliphatic rings. The second-order valence-corrected chi connectivity index (χ2v) is 8.44. The predicted octanol–water partition coefficient (Wildman–Crippen LogP) is 3.31. The molecule has 0 aliphatic heterocycles. The largest absolute Gasteiger partial charge is 0.493 e. The molecule has 3 aromatic carbocycles. The summed E-state index contributed by atoms with van der Waals surface area (Å²) in [6, 6.07) is 24.3. The molecule has 0 N–H and O–H groups in total. The summed E-state index contributed by atoms with van der Waals surface area (Å²) >= 11 is 1.11. The maximum Gasteiger partial charge on any atom is 0.300 e. The molecule has 0 atom stereocenters. The molecule has 5 rings (SSSR count). The topological polar surface area (TPSA) is 82.8 Å². The van der Waals surface area contributed by atoms with Crippen molar-refractivity contribution in [2.75, 3.05) is 7.11 Å². The molecule has 34 heavy (non-hydrogen) atoms. The molecule has 0 fully saturated rings. The van der Waals surface area contributed by atoms with E-state index in [1.54, 1.807) is 49.6 Å². The molecule has 0 saturated heterocycles. The summed E-state index contributed by atoms with van der Waals surface area (Å²) in [5.74, 6) is 1.15. The van der Waals surface area contributed by atoms with Gasteiger partial charge in [0.1, 0.15) is 6.61 Å². The molecule has 8 heteroatoms. The number of rotatable bonds is 6. The number of thiazole rings is 1. The van der Waals surface area contributed by atoms with Gasteiger partial charge in [-0.3, -0.25) is 9.59 Å². The van der Waals surface area contributed by atoms with E-state index in [0.29, 0.717) is 28.2 Å². The van der Waals surface area contributed by atoms with Crippen LogP contribution in [0.4, 0.5) is 0 Å². The van der Waals surface area contributed by atoms with Crippen LogP contribution in [-0.2, 0) is 6.61 Å². The highest BCUT2D eigenvalue weighted by Gasteiger charge is 2.13. The van der Waals surface area contributed by atoms with Crippen LogP contribution in [0.2, 0.25) is 0 Å². The zero-order chi connectivity index (χ0) is 23.5. The third kappa shape index (κ3) is 4.31. The van der Waals surface area contributed by atoms with Crippen molar-refractivity contribution < 1.29 is 9.47 Å². The van der Waals surface area contributed by atoms with Gasteiger partial charge >= 0.3 is 5.56 Å². The number of hydrogen-bond acceptors (Lipinski definition) is 7. The lowest BCUT2D eigenvalue weighted by Crippen LogP contribution is -2.26. The maximum absolute atomic E-state index is 13.0.